The zero-order chi connectivity index (χ0) is 23.0. The molecular formula is C24H24FN5O2. The number of carbonyl (C=O) groups excluding carboxylic acids is 1. The highest BCUT2D eigenvalue weighted by Crippen LogP contribution is 2.25. The van der Waals surface area contributed by atoms with Crippen molar-refractivity contribution in [2.24, 2.45) is 0 Å². The lowest BCUT2D eigenvalue weighted by molar-refractivity contribution is 0.0983. The Morgan fingerprint density at radius 3 is 2.59 bits per heavy atom. The van der Waals surface area contributed by atoms with Gasteiger partial charge in [-0.3, -0.25) is 14.2 Å². The van der Waals surface area contributed by atoms with Crippen LogP contribution in [0.15, 0.2) is 59.4 Å². The standard InChI is InChI=1S/C24H24FN5O2/c1-14(2)18-12-20-19(28-23(18)26)11-16(27-20)13-30-21(5-4-6-22(30)31)24(32)29(3)17-9-7-15(25)8-10-17/h4-12,14,27H,13H2,1-3H3,(H2,26,28). The Kier molecular flexibility index (Phi) is 5.52. The van der Waals surface area contributed by atoms with Crippen molar-refractivity contribution in [3.8, 4) is 0 Å². The molecule has 0 fully saturated rings. The Morgan fingerprint density at radius 1 is 1.19 bits per heavy atom. The van der Waals surface area contributed by atoms with Crippen LogP contribution in [0.3, 0.4) is 0 Å². The van der Waals surface area contributed by atoms with E-state index in [1.807, 2.05) is 26.0 Å². The molecule has 8 heteroatoms. The van der Waals surface area contributed by atoms with Crippen LogP contribution in [-0.2, 0) is 6.54 Å². The van der Waals surface area contributed by atoms with Gasteiger partial charge in [0.05, 0.1) is 17.6 Å². The van der Waals surface area contributed by atoms with Crippen molar-refractivity contribution in [2.75, 3.05) is 17.7 Å². The van der Waals surface area contributed by atoms with E-state index in [1.165, 1.54) is 39.8 Å². The number of nitrogens with one attached hydrogen (secondary N) is 1. The molecule has 0 unspecified atom stereocenters. The summed E-state index contributed by atoms with van der Waals surface area (Å²) in [7, 11) is 1.58. The first-order chi connectivity index (χ1) is 15.2. The Hall–Kier alpha value is -3.94. The molecule has 0 radical (unpaired) electrons. The van der Waals surface area contributed by atoms with Crippen LogP contribution in [0, 0.1) is 5.82 Å². The fraction of sp³-hybridized carbons (Fsp3) is 0.208. The molecule has 0 bridgehead atoms. The third-order valence-electron chi connectivity index (χ3n) is 5.46. The van der Waals surface area contributed by atoms with Gasteiger partial charge in [0.25, 0.3) is 11.5 Å². The predicted molar refractivity (Wildman–Crippen MR) is 124 cm³/mol. The topological polar surface area (TPSA) is 97.0 Å². The highest BCUT2D eigenvalue weighted by atomic mass is 19.1. The summed E-state index contributed by atoms with van der Waals surface area (Å²) < 4.78 is 14.7. The number of anilines is 2. The second kappa shape index (κ2) is 8.30. The van der Waals surface area contributed by atoms with Crippen LogP contribution < -0.4 is 16.2 Å². The van der Waals surface area contributed by atoms with E-state index in [0.717, 1.165) is 16.8 Å². The zero-order valence-electron chi connectivity index (χ0n) is 18.1. The average Bonchev–Trinajstić information content (AvgIpc) is 3.15. The van der Waals surface area contributed by atoms with E-state index >= 15 is 0 Å². The van der Waals surface area contributed by atoms with Crippen LogP contribution in [0.1, 0.15) is 41.5 Å². The highest BCUT2D eigenvalue weighted by molar-refractivity contribution is 6.04. The molecule has 0 saturated carbocycles. The van der Waals surface area contributed by atoms with Gasteiger partial charge in [-0.25, -0.2) is 9.37 Å². The summed E-state index contributed by atoms with van der Waals surface area (Å²) in [5.74, 6) is -0.0666. The summed E-state index contributed by atoms with van der Waals surface area (Å²) in [4.78, 5) is 35.0. The van der Waals surface area contributed by atoms with Crippen molar-refractivity contribution >= 4 is 28.4 Å². The van der Waals surface area contributed by atoms with Crippen molar-refractivity contribution in [1.82, 2.24) is 14.5 Å². The van der Waals surface area contributed by atoms with Gasteiger partial charge in [0.2, 0.25) is 0 Å². The van der Waals surface area contributed by atoms with Crippen LogP contribution in [-0.4, -0.2) is 27.5 Å². The van der Waals surface area contributed by atoms with Gasteiger partial charge in [0.1, 0.15) is 17.3 Å². The van der Waals surface area contributed by atoms with Crippen molar-refractivity contribution in [1.29, 1.82) is 0 Å². The van der Waals surface area contributed by atoms with E-state index in [0.29, 0.717) is 17.0 Å². The van der Waals surface area contributed by atoms with E-state index in [2.05, 4.69) is 9.97 Å². The third kappa shape index (κ3) is 3.99. The molecule has 4 rings (SSSR count). The Bertz CT molecular complexity index is 1360. The van der Waals surface area contributed by atoms with Gasteiger partial charge in [0, 0.05) is 24.5 Å². The van der Waals surface area contributed by atoms with Crippen molar-refractivity contribution in [2.45, 2.75) is 26.3 Å². The minimum atomic E-state index is -0.389. The van der Waals surface area contributed by atoms with Crippen LogP contribution >= 0.6 is 0 Å². The summed E-state index contributed by atoms with van der Waals surface area (Å²) in [6.07, 6.45) is 0. The average molecular weight is 433 g/mol. The molecule has 0 aliphatic heterocycles. The molecule has 1 aromatic carbocycles. The lowest BCUT2D eigenvalue weighted by Crippen LogP contribution is -2.33. The van der Waals surface area contributed by atoms with E-state index in [1.54, 1.807) is 19.2 Å². The van der Waals surface area contributed by atoms with E-state index in [9.17, 15) is 14.0 Å². The van der Waals surface area contributed by atoms with E-state index in [4.69, 9.17) is 5.73 Å². The molecule has 0 atom stereocenters. The Morgan fingerprint density at radius 2 is 1.91 bits per heavy atom. The number of nitrogens with zero attached hydrogens (tertiary/aromatic N) is 3. The van der Waals surface area contributed by atoms with Gasteiger partial charge >= 0.3 is 0 Å². The number of halogens is 1. The van der Waals surface area contributed by atoms with E-state index < -0.39 is 0 Å². The number of aromatic nitrogens is 3. The van der Waals surface area contributed by atoms with Gasteiger partial charge in [-0.05, 0) is 53.9 Å². The van der Waals surface area contributed by atoms with Crippen LogP contribution in [0.25, 0.3) is 11.0 Å². The fourth-order valence-corrected chi connectivity index (χ4v) is 3.68. The second-order valence-electron chi connectivity index (χ2n) is 8.02. The minimum absolute atomic E-state index is 0.158. The number of amides is 1. The lowest BCUT2D eigenvalue weighted by atomic mass is 10.0. The normalized spacial score (nSPS) is 11.3. The van der Waals surface area contributed by atoms with Gasteiger partial charge in [-0.2, -0.15) is 0 Å². The summed E-state index contributed by atoms with van der Waals surface area (Å²) in [6, 6.07) is 13.9. The van der Waals surface area contributed by atoms with Gasteiger partial charge in [0.15, 0.2) is 0 Å². The molecule has 0 aliphatic rings. The number of rotatable bonds is 5. The van der Waals surface area contributed by atoms with Crippen LogP contribution in [0.2, 0.25) is 0 Å². The lowest BCUT2D eigenvalue weighted by Gasteiger charge is -2.20. The first kappa shape index (κ1) is 21.3. The van der Waals surface area contributed by atoms with Crippen molar-refractivity contribution < 1.29 is 9.18 Å². The smallest absolute Gasteiger partial charge is 0.274 e. The largest absolute Gasteiger partial charge is 0.383 e. The SMILES string of the molecule is CC(C)c1cc2[nH]c(Cn3c(C(=O)N(C)c4ccc(F)cc4)cccc3=O)cc2nc1N. The number of hydrogen-bond acceptors (Lipinski definition) is 4. The van der Waals surface area contributed by atoms with Crippen LogP contribution in [0.5, 0.6) is 0 Å². The number of nitrogen functional groups attached to an aromatic ring is 1. The molecule has 0 spiro atoms. The monoisotopic (exact) mass is 433 g/mol. The maximum absolute atomic E-state index is 13.3. The maximum atomic E-state index is 13.3. The predicted octanol–water partition coefficient (Wildman–Crippen LogP) is 3.89. The molecule has 7 nitrogen and oxygen atoms in total. The Labute approximate surface area is 184 Å². The number of benzene rings is 1. The number of carbonyl (C=O) groups is 1. The summed E-state index contributed by atoms with van der Waals surface area (Å²) in [6.45, 7) is 4.25. The zero-order valence-corrected chi connectivity index (χ0v) is 18.1. The quantitative estimate of drug-likeness (QED) is 0.499. The molecule has 1 amide bonds. The van der Waals surface area contributed by atoms with Crippen molar-refractivity contribution in [3.63, 3.8) is 0 Å². The summed E-state index contributed by atoms with van der Waals surface area (Å²) in [5, 5.41) is 0. The van der Waals surface area contributed by atoms with Gasteiger partial charge in [-0.1, -0.05) is 19.9 Å². The number of pyridine rings is 2. The maximum Gasteiger partial charge on any atom is 0.274 e. The van der Waals surface area contributed by atoms with Crippen LogP contribution in [0.4, 0.5) is 15.9 Å². The number of hydrogen-bond donors (Lipinski definition) is 2. The fourth-order valence-electron chi connectivity index (χ4n) is 3.68. The first-order valence-electron chi connectivity index (χ1n) is 10.3. The summed E-state index contributed by atoms with van der Waals surface area (Å²) >= 11 is 0. The number of H-pyrrole nitrogens is 1. The summed E-state index contributed by atoms with van der Waals surface area (Å²) in [5.41, 5.74) is 9.69. The van der Waals surface area contributed by atoms with Gasteiger partial charge in [-0.15, -0.1) is 0 Å². The first-order valence-corrected chi connectivity index (χ1v) is 10.3. The Balaban J connectivity index is 1.70. The molecular weight excluding hydrogens is 409 g/mol. The molecule has 3 heterocycles. The highest BCUT2D eigenvalue weighted by Gasteiger charge is 2.19. The molecule has 0 aliphatic carbocycles. The van der Waals surface area contributed by atoms with E-state index in [-0.39, 0.29) is 35.4 Å². The molecule has 3 N–H and O–H groups in total. The second-order valence-corrected chi connectivity index (χ2v) is 8.02. The third-order valence-corrected chi connectivity index (χ3v) is 5.46. The van der Waals surface area contributed by atoms with Gasteiger partial charge < -0.3 is 15.6 Å². The number of fused-ring (bicyclic) bond motifs is 1. The molecule has 32 heavy (non-hydrogen) atoms. The molecule has 0 saturated heterocycles. The minimum Gasteiger partial charge on any atom is -0.383 e. The number of aromatic amines is 1. The number of nitrogens with two attached hydrogens (primary N) is 1. The van der Waals surface area contributed by atoms with Crippen molar-refractivity contribution in [3.05, 3.63) is 87.7 Å². The molecule has 4 aromatic rings. The molecule has 3 aromatic heterocycles. The molecule has 164 valence electrons.